The van der Waals surface area contributed by atoms with Gasteiger partial charge in [0.25, 0.3) is 0 Å². The molecule has 7 heteroatoms. The average molecular weight is 374 g/mol. The van der Waals surface area contributed by atoms with Crippen LogP contribution < -0.4 is 4.72 Å². The third-order valence-electron chi connectivity index (χ3n) is 4.84. The number of benzene rings is 1. The minimum Gasteiger partial charge on any atom is -0.481 e. The van der Waals surface area contributed by atoms with E-state index in [9.17, 15) is 18.3 Å². The van der Waals surface area contributed by atoms with Crippen LogP contribution in [0.4, 0.5) is 0 Å². The summed E-state index contributed by atoms with van der Waals surface area (Å²) in [4.78, 5) is 16.6. The molecule has 0 unspecified atom stereocenters. The number of carboxylic acids is 1. The molecule has 1 aliphatic carbocycles. The van der Waals surface area contributed by atoms with Crippen molar-refractivity contribution >= 4 is 16.0 Å². The molecule has 2 atom stereocenters. The second-order valence-corrected chi connectivity index (χ2v) is 8.75. The minimum absolute atomic E-state index is 0.270. The highest BCUT2D eigenvalue weighted by Gasteiger charge is 2.46. The van der Waals surface area contributed by atoms with E-state index in [0.717, 1.165) is 17.5 Å². The lowest BCUT2D eigenvalue weighted by Crippen LogP contribution is -2.36. The molecule has 1 aliphatic rings. The molecular weight excluding hydrogens is 352 g/mol. The summed E-state index contributed by atoms with van der Waals surface area (Å²) in [5, 5.41) is 9.82. The highest BCUT2D eigenvalue weighted by atomic mass is 32.2. The Morgan fingerprint density at radius 2 is 1.96 bits per heavy atom. The van der Waals surface area contributed by atoms with Gasteiger partial charge in [0.1, 0.15) is 0 Å². The Kier molecular flexibility index (Phi) is 5.11. The third-order valence-corrected chi connectivity index (χ3v) is 5.60. The summed E-state index contributed by atoms with van der Waals surface area (Å²) in [6.07, 6.45) is 2.58. The maximum atomic E-state index is 12.0. The maximum absolute atomic E-state index is 12.0. The number of nitrogens with zero attached hydrogens (tertiary/aromatic N) is 1. The predicted molar refractivity (Wildman–Crippen MR) is 99.1 cm³/mol. The van der Waals surface area contributed by atoms with Crippen LogP contribution in [0.15, 0.2) is 48.5 Å². The van der Waals surface area contributed by atoms with E-state index >= 15 is 0 Å². The van der Waals surface area contributed by atoms with Crippen molar-refractivity contribution in [2.75, 3.05) is 6.26 Å². The molecule has 0 aliphatic heterocycles. The van der Waals surface area contributed by atoms with Crippen molar-refractivity contribution in [3.05, 3.63) is 54.2 Å². The minimum atomic E-state index is -3.36. The summed E-state index contributed by atoms with van der Waals surface area (Å²) in [7, 11) is -3.36. The molecule has 26 heavy (non-hydrogen) atoms. The van der Waals surface area contributed by atoms with Gasteiger partial charge in [-0.25, -0.2) is 13.1 Å². The Hall–Kier alpha value is -2.25. The molecule has 1 fully saturated rings. The first-order chi connectivity index (χ1) is 12.3. The van der Waals surface area contributed by atoms with Gasteiger partial charge in [-0.1, -0.05) is 36.4 Å². The van der Waals surface area contributed by atoms with Crippen LogP contribution in [0, 0.1) is 5.41 Å². The Morgan fingerprint density at radius 3 is 2.62 bits per heavy atom. The molecule has 0 saturated heterocycles. The molecule has 1 saturated carbocycles. The van der Waals surface area contributed by atoms with E-state index in [2.05, 4.69) is 9.71 Å². The van der Waals surface area contributed by atoms with Crippen LogP contribution in [0.3, 0.4) is 0 Å². The Balaban J connectivity index is 1.83. The largest absolute Gasteiger partial charge is 0.481 e. The molecule has 0 spiro atoms. The zero-order valence-corrected chi connectivity index (χ0v) is 15.4. The van der Waals surface area contributed by atoms with Crippen LogP contribution in [-0.4, -0.2) is 36.8 Å². The zero-order chi connectivity index (χ0) is 18.8. The van der Waals surface area contributed by atoms with E-state index in [-0.39, 0.29) is 18.9 Å². The molecule has 138 valence electrons. The van der Waals surface area contributed by atoms with Gasteiger partial charge in [0.2, 0.25) is 10.0 Å². The van der Waals surface area contributed by atoms with Crippen LogP contribution in [0.2, 0.25) is 0 Å². The lowest BCUT2D eigenvalue weighted by Gasteiger charge is -2.24. The fourth-order valence-electron chi connectivity index (χ4n) is 3.65. The first kappa shape index (κ1) is 18.5. The number of aliphatic carboxylic acids is 1. The van der Waals surface area contributed by atoms with Gasteiger partial charge in [0.15, 0.2) is 0 Å². The standard InChI is InChI=1S/C19H22N2O4S/c1-26(24,25)21-16-10-11-19(13-16,18(22)23)12-15-8-5-9-17(20-15)14-6-3-2-4-7-14/h2-9,16,21H,10-13H2,1H3,(H,22,23)/t16-,19+/m0/s1. The van der Waals surface area contributed by atoms with E-state index in [1.54, 1.807) is 0 Å². The summed E-state index contributed by atoms with van der Waals surface area (Å²) in [6, 6.07) is 15.0. The van der Waals surface area contributed by atoms with E-state index < -0.39 is 21.4 Å². The highest BCUT2D eigenvalue weighted by molar-refractivity contribution is 7.88. The SMILES string of the molecule is CS(=O)(=O)N[C@H]1CC[C@](Cc2cccc(-c3ccccc3)n2)(C(=O)O)C1. The molecule has 3 rings (SSSR count). The van der Waals surface area contributed by atoms with Crippen molar-refractivity contribution in [3.8, 4) is 11.3 Å². The fourth-order valence-corrected chi connectivity index (χ4v) is 4.46. The molecule has 1 aromatic carbocycles. The maximum Gasteiger partial charge on any atom is 0.310 e. The molecule has 2 aromatic rings. The summed E-state index contributed by atoms with van der Waals surface area (Å²) in [6.45, 7) is 0. The number of aromatic nitrogens is 1. The second kappa shape index (κ2) is 7.17. The lowest BCUT2D eigenvalue weighted by molar-refractivity contribution is -0.148. The van der Waals surface area contributed by atoms with E-state index in [0.29, 0.717) is 18.5 Å². The number of hydrogen-bond acceptors (Lipinski definition) is 4. The van der Waals surface area contributed by atoms with Crippen LogP contribution in [0.25, 0.3) is 11.3 Å². The van der Waals surface area contributed by atoms with Gasteiger partial charge in [0.05, 0.1) is 17.4 Å². The van der Waals surface area contributed by atoms with Gasteiger partial charge in [-0.2, -0.15) is 0 Å². The quantitative estimate of drug-likeness (QED) is 0.810. The summed E-state index contributed by atoms with van der Waals surface area (Å²) < 4.78 is 25.5. The van der Waals surface area contributed by atoms with Crippen molar-refractivity contribution in [2.45, 2.75) is 31.7 Å². The molecular formula is C19H22N2O4S. The molecule has 1 aromatic heterocycles. The van der Waals surface area contributed by atoms with Gasteiger partial charge in [0, 0.05) is 23.7 Å². The van der Waals surface area contributed by atoms with Crippen LogP contribution in [-0.2, 0) is 21.2 Å². The van der Waals surface area contributed by atoms with Crippen molar-refractivity contribution in [2.24, 2.45) is 5.41 Å². The average Bonchev–Trinajstić information content (AvgIpc) is 2.98. The van der Waals surface area contributed by atoms with Gasteiger partial charge in [-0.05, 0) is 31.4 Å². The van der Waals surface area contributed by atoms with Crippen LogP contribution >= 0.6 is 0 Å². The molecule has 2 N–H and O–H groups in total. The molecule has 0 bridgehead atoms. The van der Waals surface area contributed by atoms with Crippen molar-refractivity contribution in [3.63, 3.8) is 0 Å². The first-order valence-corrected chi connectivity index (χ1v) is 10.4. The first-order valence-electron chi connectivity index (χ1n) is 8.49. The van der Waals surface area contributed by atoms with Gasteiger partial charge in [-0.15, -0.1) is 0 Å². The smallest absolute Gasteiger partial charge is 0.310 e. The Morgan fingerprint density at radius 1 is 1.23 bits per heavy atom. The zero-order valence-electron chi connectivity index (χ0n) is 14.6. The summed E-state index contributed by atoms with van der Waals surface area (Å²) in [5.41, 5.74) is 1.48. The predicted octanol–water partition coefficient (Wildman–Crippen LogP) is 2.46. The number of rotatable bonds is 6. The number of carboxylic acid groups (broad SMARTS) is 1. The third kappa shape index (κ3) is 4.28. The lowest BCUT2D eigenvalue weighted by atomic mass is 9.81. The number of pyridine rings is 1. The number of carbonyl (C=O) groups is 1. The highest BCUT2D eigenvalue weighted by Crippen LogP contribution is 2.41. The monoisotopic (exact) mass is 374 g/mol. The number of nitrogens with one attached hydrogen (secondary N) is 1. The van der Waals surface area contributed by atoms with E-state index in [1.807, 2.05) is 48.5 Å². The molecule has 0 radical (unpaired) electrons. The topological polar surface area (TPSA) is 96.4 Å². The van der Waals surface area contributed by atoms with Crippen molar-refractivity contribution < 1.29 is 18.3 Å². The Bertz CT molecular complexity index is 899. The van der Waals surface area contributed by atoms with E-state index in [1.165, 1.54) is 0 Å². The van der Waals surface area contributed by atoms with Crippen LogP contribution in [0.1, 0.15) is 25.0 Å². The Labute approximate surface area is 153 Å². The van der Waals surface area contributed by atoms with Crippen LogP contribution in [0.5, 0.6) is 0 Å². The van der Waals surface area contributed by atoms with Crippen molar-refractivity contribution in [1.29, 1.82) is 0 Å². The summed E-state index contributed by atoms with van der Waals surface area (Å²) in [5.74, 6) is -0.901. The van der Waals surface area contributed by atoms with Gasteiger partial charge >= 0.3 is 5.97 Å². The fraction of sp³-hybridized carbons (Fsp3) is 0.368. The summed E-state index contributed by atoms with van der Waals surface area (Å²) >= 11 is 0. The molecule has 6 nitrogen and oxygen atoms in total. The van der Waals surface area contributed by atoms with Gasteiger partial charge < -0.3 is 5.11 Å². The van der Waals surface area contributed by atoms with Gasteiger partial charge in [-0.3, -0.25) is 9.78 Å². The van der Waals surface area contributed by atoms with E-state index in [4.69, 9.17) is 0 Å². The molecule has 1 heterocycles. The normalized spacial score (nSPS) is 23.0. The number of hydrogen-bond donors (Lipinski definition) is 2. The molecule has 0 amide bonds. The second-order valence-electron chi connectivity index (χ2n) is 6.97. The number of sulfonamides is 1. The van der Waals surface area contributed by atoms with Crippen molar-refractivity contribution in [1.82, 2.24) is 9.71 Å².